The minimum absolute atomic E-state index is 0.117. The van der Waals surface area contributed by atoms with Crippen LogP contribution in [0.1, 0.15) is 12.5 Å². The Morgan fingerprint density at radius 1 is 1.20 bits per heavy atom. The highest BCUT2D eigenvalue weighted by Crippen LogP contribution is 2.28. The van der Waals surface area contributed by atoms with Crippen LogP contribution in [-0.4, -0.2) is 72.4 Å². The molecule has 1 atom stereocenters. The molecule has 0 radical (unpaired) electrons. The summed E-state index contributed by atoms with van der Waals surface area (Å²) in [5, 5.41) is 12.3. The van der Waals surface area contributed by atoms with Gasteiger partial charge in [0, 0.05) is 32.3 Å². The van der Waals surface area contributed by atoms with Crippen molar-refractivity contribution < 1.29 is 23.8 Å². The van der Waals surface area contributed by atoms with Gasteiger partial charge >= 0.3 is 6.09 Å². The van der Waals surface area contributed by atoms with Crippen molar-refractivity contribution in [3.8, 4) is 5.75 Å². The van der Waals surface area contributed by atoms with Crippen molar-refractivity contribution in [3.63, 3.8) is 0 Å². The first-order valence-electron chi connectivity index (χ1n) is 11.3. The molecule has 4 rings (SSSR count). The number of thiocarbonyl (C=S) groups is 1. The second-order valence-electron chi connectivity index (χ2n) is 8.43. The van der Waals surface area contributed by atoms with Gasteiger partial charge in [0.25, 0.3) is 0 Å². The van der Waals surface area contributed by atoms with E-state index in [1.165, 1.54) is 17.0 Å². The molecule has 10 heteroatoms. The van der Waals surface area contributed by atoms with E-state index in [9.17, 15) is 19.1 Å². The quantitative estimate of drug-likeness (QED) is 0.468. The van der Waals surface area contributed by atoms with E-state index in [-0.39, 0.29) is 17.8 Å². The molecule has 2 saturated heterocycles. The Labute approximate surface area is 208 Å². The lowest BCUT2D eigenvalue weighted by Gasteiger charge is -2.36. The molecule has 2 fully saturated rings. The molecule has 2 amide bonds. The second-order valence-corrected chi connectivity index (χ2v) is 9.04. The van der Waals surface area contributed by atoms with Crippen molar-refractivity contribution in [3.05, 3.63) is 59.9 Å². The van der Waals surface area contributed by atoms with Gasteiger partial charge in [0.1, 0.15) is 17.7 Å². The maximum Gasteiger partial charge on any atom is 0.414 e. The summed E-state index contributed by atoms with van der Waals surface area (Å²) in [6, 6.07) is 11.3. The molecule has 184 valence electrons. The predicted molar refractivity (Wildman–Crippen MR) is 136 cm³/mol. The summed E-state index contributed by atoms with van der Waals surface area (Å²) in [6.45, 7) is 4.38. The van der Waals surface area contributed by atoms with E-state index in [0.29, 0.717) is 55.6 Å². The highest BCUT2D eigenvalue weighted by molar-refractivity contribution is 7.80. The van der Waals surface area contributed by atoms with Crippen molar-refractivity contribution in [2.45, 2.75) is 13.0 Å². The van der Waals surface area contributed by atoms with E-state index < -0.39 is 11.9 Å². The van der Waals surface area contributed by atoms with Gasteiger partial charge in [-0.25, -0.2) is 9.18 Å². The van der Waals surface area contributed by atoms with Crippen molar-refractivity contribution in [2.24, 2.45) is 0 Å². The van der Waals surface area contributed by atoms with Crippen LogP contribution in [0.15, 0.2) is 48.5 Å². The summed E-state index contributed by atoms with van der Waals surface area (Å²) in [5.41, 5.74) is 1.68. The first kappa shape index (κ1) is 24.5. The van der Waals surface area contributed by atoms with Gasteiger partial charge in [-0.05, 0) is 48.9 Å². The molecular formula is C25H27FN4O4S. The molecule has 0 unspecified atom stereocenters. The van der Waals surface area contributed by atoms with E-state index in [4.69, 9.17) is 17.0 Å². The van der Waals surface area contributed by atoms with Crippen LogP contribution >= 0.6 is 12.2 Å². The minimum Gasteiger partial charge on any atom is -0.508 e. The van der Waals surface area contributed by atoms with Gasteiger partial charge in [0.2, 0.25) is 5.91 Å². The zero-order valence-corrected chi connectivity index (χ0v) is 20.1. The number of piperazine rings is 1. The molecule has 0 spiro atoms. The van der Waals surface area contributed by atoms with Crippen molar-refractivity contribution in [1.82, 2.24) is 10.2 Å². The van der Waals surface area contributed by atoms with Crippen LogP contribution in [0.3, 0.4) is 0 Å². The molecule has 35 heavy (non-hydrogen) atoms. The molecule has 2 aromatic rings. The SMILES string of the molecule is CC(=S)NC[C@H]1CN(c2ccc(N3CCN(C(=O)C=Cc4ccc(O)cc4)CC3)c(F)c2)C(=O)O1. The van der Waals surface area contributed by atoms with Crippen LogP contribution < -0.4 is 15.1 Å². The molecule has 0 aliphatic carbocycles. The summed E-state index contributed by atoms with van der Waals surface area (Å²) < 4.78 is 20.3. The molecule has 2 aliphatic heterocycles. The van der Waals surface area contributed by atoms with Crippen LogP contribution in [0.5, 0.6) is 5.75 Å². The number of phenols is 1. The normalized spacial score (nSPS) is 18.2. The number of carbonyl (C=O) groups excluding carboxylic acids is 2. The molecule has 0 bridgehead atoms. The standard InChI is InChI=1S/C25H27FN4O4S/c1-17(35)27-15-21-16-30(25(33)34-21)19-5-8-23(22(26)14-19)28-10-12-29(13-11-28)24(32)9-4-18-2-6-20(31)7-3-18/h2-9,14,21,31H,10-13,15-16H2,1H3,(H,27,35)/t21-/m0/s1. The van der Waals surface area contributed by atoms with Crippen molar-refractivity contribution in [2.75, 3.05) is 49.1 Å². The third-order valence-electron chi connectivity index (χ3n) is 5.94. The number of aromatic hydroxyl groups is 1. The van der Waals surface area contributed by atoms with Crippen LogP contribution in [-0.2, 0) is 9.53 Å². The number of cyclic esters (lactones) is 1. The van der Waals surface area contributed by atoms with Gasteiger partial charge in [-0.1, -0.05) is 24.4 Å². The zero-order valence-electron chi connectivity index (χ0n) is 19.3. The fourth-order valence-corrected chi connectivity index (χ4v) is 4.13. The minimum atomic E-state index is -0.515. The molecule has 8 nitrogen and oxygen atoms in total. The molecular weight excluding hydrogens is 471 g/mol. The highest BCUT2D eigenvalue weighted by Gasteiger charge is 2.33. The molecule has 2 aliphatic rings. The van der Waals surface area contributed by atoms with Crippen LogP contribution in [0.2, 0.25) is 0 Å². The lowest BCUT2D eigenvalue weighted by molar-refractivity contribution is -0.126. The monoisotopic (exact) mass is 498 g/mol. The summed E-state index contributed by atoms with van der Waals surface area (Å²) in [7, 11) is 0. The summed E-state index contributed by atoms with van der Waals surface area (Å²) >= 11 is 4.98. The first-order chi connectivity index (χ1) is 16.8. The smallest absolute Gasteiger partial charge is 0.414 e. The summed E-state index contributed by atoms with van der Waals surface area (Å²) in [6.07, 6.45) is 2.33. The highest BCUT2D eigenvalue weighted by atomic mass is 32.1. The number of nitrogens with one attached hydrogen (secondary N) is 1. The summed E-state index contributed by atoms with van der Waals surface area (Å²) in [5.74, 6) is -0.378. The molecule has 0 saturated carbocycles. The number of nitrogens with zero attached hydrogens (tertiary/aromatic N) is 3. The van der Waals surface area contributed by atoms with Gasteiger partial charge in [-0.3, -0.25) is 9.69 Å². The van der Waals surface area contributed by atoms with E-state index in [1.807, 2.05) is 4.90 Å². The van der Waals surface area contributed by atoms with E-state index >= 15 is 0 Å². The summed E-state index contributed by atoms with van der Waals surface area (Å²) in [4.78, 5) is 30.4. The number of ether oxygens (including phenoxy) is 1. The Morgan fingerprint density at radius 3 is 2.57 bits per heavy atom. The molecule has 0 aromatic heterocycles. The maximum absolute atomic E-state index is 15.0. The average Bonchev–Trinajstić information content (AvgIpc) is 3.22. The first-order valence-corrected chi connectivity index (χ1v) is 11.7. The number of amides is 2. The fourth-order valence-electron chi connectivity index (χ4n) is 4.04. The molecule has 2 heterocycles. The Kier molecular flexibility index (Phi) is 7.50. The topological polar surface area (TPSA) is 85.4 Å². The fraction of sp³-hybridized carbons (Fsp3) is 0.320. The number of carbonyl (C=O) groups is 2. The van der Waals surface area contributed by atoms with Crippen LogP contribution in [0.4, 0.5) is 20.6 Å². The third kappa shape index (κ3) is 6.07. The number of phenolic OH excluding ortho intramolecular Hbond substituents is 1. The molecule has 2 N–H and O–H groups in total. The Hall–Kier alpha value is -3.66. The van der Waals surface area contributed by atoms with E-state index in [0.717, 1.165) is 5.56 Å². The van der Waals surface area contributed by atoms with Gasteiger partial charge in [0.15, 0.2) is 0 Å². The Morgan fingerprint density at radius 2 is 1.91 bits per heavy atom. The Bertz CT molecular complexity index is 1130. The lowest BCUT2D eigenvalue weighted by Crippen LogP contribution is -2.48. The van der Waals surface area contributed by atoms with Crippen LogP contribution in [0.25, 0.3) is 6.08 Å². The number of anilines is 2. The van der Waals surface area contributed by atoms with Gasteiger partial charge < -0.3 is 25.0 Å². The maximum atomic E-state index is 15.0. The average molecular weight is 499 g/mol. The largest absolute Gasteiger partial charge is 0.508 e. The van der Waals surface area contributed by atoms with Crippen LogP contribution in [0, 0.1) is 5.82 Å². The van der Waals surface area contributed by atoms with Crippen molar-refractivity contribution in [1.29, 1.82) is 0 Å². The number of halogens is 1. The predicted octanol–water partition coefficient (Wildman–Crippen LogP) is 3.16. The van der Waals surface area contributed by atoms with E-state index in [2.05, 4.69) is 5.32 Å². The third-order valence-corrected chi connectivity index (χ3v) is 6.08. The van der Waals surface area contributed by atoms with Crippen molar-refractivity contribution >= 4 is 46.7 Å². The number of hydrogen-bond acceptors (Lipinski definition) is 6. The van der Waals surface area contributed by atoms with Gasteiger partial charge in [-0.2, -0.15) is 0 Å². The number of benzene rings is 2. The number of hydrogen-bond donors (Lipinski definition) is 2. The van der Waals surface area contributed by atoms with Gasteiger partial charge in [-0.15, -0.1) is 0 Å². The lowest BCUT2D eigenvalue weighted by atomic mass is 10.2. The second kappa shape index (κ2) is 10.7. The number of rotatable bonds is 6. The van der Waals surface area contributed by atoms with E-state index in [1.54, 1.807) is 54.3 Å². The molecule has 2 aromatic carbocycles. The Balaban J connectivity index is 1.33. The van der Waals surface area contributed by atoms with Gasteiger partial charge in [0.05, 0.1) is 29.5 Å². The zero-order chi connectivity index (χ0) is 24.9.